The number of nitrogens with zero attached hydrogens (tertiary/aromatic N) is 2. The fourth-order valence-electron chi connectivity index (χ4n) is 1.39. The average Bonchev–Trinajstić information content (AvgIpc) is 2.66. The summed E-state index contributed by atoms with van der Waals surface area (Å²) in [5, 5.41) is 7.69. The van der Waals surface area contributed by atoms with Crippen LogP contribution in [0, 0.1) is 0 Å². The molecule has 0 bridgehead atoms. The average molecular weight is 195 g/mol. The molecule has 0 aliphatic heterocycles. The summed E-state index contributed by atoms with van der Waals surface area (Å²) in [7, 11) is 1.98. The van der Waals surface area contributed by atoms with Crippen LogP contribution < -0.4 is 5.32 Å². The van der Waals surface area contributed by atoms with Crippen LogP contribution in [-0.4, -0.2) is 23.4 Å². The second-order valence-electron chi connectivity index (χ2n) is 3.75. The molecule has 0 amide bonds. The van der Waals surface area contributed by atoms with Gasteiger partial charge in [0.05, 0.1) is 5.69 Å². The Hall–Kier alpha value is -0.830. The van der Waals surface area contributed by atoms with E-state index in [-0.39, 0.29) is 0 Å². The van der Waals surface area contributed by atoms with E-state index in [0.29, 0.717) is 6.04 Å². The lowest BCUT2D eigenvalue weighted by molar-refractivity contribution is 0.473. The van der Waals surface area contributed by atoms with Gasteiger partial charge < -0.3 is 5.32 Å². The smallest absolute Gasteiger partial charge is 0.0625 e. The molecule has 0 saturated carbocycles. The van der Waals surface area contributed by atoms with Crippen LogP contribution in [0.25, 0.3) is 0 Å². The monoisotopic (exact) mass is 195 g/mol. The summed E-state index contributed by atoms with van der Waals surface area (Å²) in [5.41, 5.74) is 1.21. The molecular formula is C11H21N3. The molecule has 1 unspecified atom stereocenters. The minimum Gasteiger partial charge on any atom is -0.320 e. The summed E-state index contributed by atoms with van der Waals surface area (Å²) >= 11 is 0. The number of aromatic nitrogens is 2. The van der Waals surface area contributed by atoms with Crippen molar-refractivity contribution in [2.45, 2.75) is 39.2 Å². The number of hydrogen-bond acceptors (Lipinski definition) is 2. The third kappa shape index (κ3) is 3.14. The topological polar surface area (TPSA) is 29.9 Å². The zero-order valence-electron chi connectivity index (χ0n) is 9.45. The zero-order valence-corrected chi connectivity index (χ0v) is 9.45. The summed E-state index contributed by atoms with van der Waals surface area (Å²) in [6.45, 7) is 5.45. The molecule has 14 heavy (non-hydrogen) atoms. The van der Waals surface area contributed by atoms with Crippen LogP contribution in [-0.2, 0) is 6.42 Å². The van der Waals surface area contributed by atoms with E-state index < -0.39 is 0 Å². The largest absolute Gasteiger partial charge is 0.320 e. The number of nitrogens with one attached hydrogen (secondary N) is 1. The molecule has 0 aliphatic carbocycles. The standard InChI is InChI=1S/C11H21N3/c1-4-10(2)14-9-7-11(13-14)6-5-8-12-3/h7,9-10,12H,4-6,8H2,1-3H3. The van der Waals surface area contributed by atoms with Crippen molar-refractivity contribution >= 4 is 0 Å². The molecule has 0 saturated heterocycles. The minimum absolute atomic E-state index is 0.521. The second-order valence-corrected chi connectivity index (χ2v) is 3.75. The summed E-state index contributed by atoms with van der Waals surface area (Å²) in [4.78, 5) is 0. The lowest BCUT2D eigenvalue weighted by Crippen LogP contribution is -2.09. The quantitative estimate of drug-likeness (QED) is 0.704. The normalized spacial score (nSPS) is 13.1. The Morgan fingerprint density at radius 3 is 3.00 bits per heavy atom. The first kappa shape index (κ1) is 11.2. The lowest BCUT2D eigenvalue weighted by atomic mass is 10.2. The summed E-state index contributed by atoms with van der Waals surface area (Å²) in [6, 6.07) is 2.65. The fourth-order valence-corrected chi connectivity index (χ4v) is 1.39. The van der Waals surface area contributed by atoms with Crippen LogP contribution in [0.5, 0.6) is 0 Å². The van der Waals surface area contributed by atoms with E-state index in [2.05, 4.69) is 41.2 Å². The van der Waals surface area contributed by atoms with Gasteiger partial charge >= 0.3 is 0 Å². The molecule has 1 N–H and O–H groups in total. The van der Waals surface area contributed by atoms with E-state index in [1.807, 2.05) is 7.05 Å². The van der Waals surface area contributed by atoms with Crippen molar-refractivity contribution in [2.24, 2.45) is 0 Å². The highest BCUT2D eigenvalue weighted by atomic mass is 15.3. The molecule has 1 rings (SSSR count). The molecule has 0 aromatic carbocycles. The van der Waals surface area contributed by atoms with Gasteiger partial charge in [0.1, 0.15) is 0 Å². The molecule has 1 aromatic rings. The Kier molecular flexibility index (Phi) is 4.66. The van der Waals surface area contributed by atoms with Gasteiger partial charge in [-0.3, -0.25) is 4.68 Å². The maximum atomic E-state index is 4.54. The van der Waals surface area contributed by atoms with E-state index in [1.165, 1.54) is 5.69 Å². The van der Waals surface area contributed by atoms with Crippen molar-refractivity contribution < 1.29 is 0 Å². The predicted molar refractivity (Wildman–Crippen MR) is 59.5 cm³/mol. The van der Waals surface area contributed by atoms with Gasteiger partial charge in [0.25, 0.3) is 0 Å². The van der Waals surface area contributed by atoms with Gasteiger partial charge in [-0.25, -0.2) is 0 Å². The van der Waals surface area contributed by atoms with Gasteiger partial charge in [-0.15, -0.1) is 0 Å². The lowest BCUT2D eigenvalue weighted by Gasteiger charge is -2.07. The molecule has 0 spiro atoms. The van der Waals surface area contributed by atoms with E-state index in [0.717, 1.165) is 25.8 Å². The van der Waals surface area contributed by atoms with Gasteiger partial charge in [0.2, 0.25) is 0 Å². The molecule has 3 heteroatoms. The summed E-state index contributed by atoms with van der Waals surface area (Å²) in [5.74, 6) is 0. The first-order chi connectivity index (χ1) is 6.77. The van der Waals surface area contributed by atoms with Gasteiger partial charge in [0, 0.05) is 12.2 Å². The minimum atomic E-state index is 0.521. The highest BCUT2D eigenvalue weighted by molar-refractivity contribution is 4.99. The molecule has 0 radical (unpaired) electrons. The fraction of sp³-hybridized carbons (Fsp3) is 0.727. The van der Waals surface area contributed by atoms with Crippen molar-refractivity contribution in [2.75, 3.05) is 13.6 Å². The van der Waals surface area contributed by atoms with E-state index in [9.17, 15) is 0 Å². The third-order valence-electron chi connectivity index (χ3n) is 2.57. The summed E-state index contributed by atoms with van der Waals surface area (Å²) in [6.07, 6.45) is 5.46. The maximum Gasteiger partial charge on any atom is 0.0625 e. The van der Waals surface area contributed by atoms with Crippen molar-refractivity contribution in [3.63, 3.8) is 0 Å². The van der Waals surface area contributed by atoms with E-state index in [4.69, 9.17) is 0 Å². The highest BCUT2D eigenvalue weighted by Gasteiger charge is 2.03. The number of rotatable bonds is 6. The number of aryl methyl sites for hydroxylation is 1. The van der Waals surface area contributed by atoms with Crippen molar-refractivity contribution in [1.29, 1.82) is 0 Å². The Bertz CT molecular complexity index is 255. The molecule has 1 aromatic heterocycles. The maximum absolute atomic E-state index is 4.54. The first-order valence-corrected chi connectivity index (χ1v) is 5.46. The van der Waals surface area contributed by atoms with Gasteiger partial charge in [0.15, 0.2) is 0 Å². The summed E-state index contributed by atoms with van der Waals surface area (Å²) < 4.78 is 2.06. The highest BCUT2D eigenvalue weighted by Crippen LogP contribution is 2.09. The Morgan fingerprint density at radius 1 is 1.57 bits per heavy atom. The van der Waals surface area contributed by atoms with E-state index >= 15 is 0 Å². The molecule has 0 aliphatic rings. The van der Waals surface area contributed by atoms with Crippen LogP contribution in [0.2, 0.25) is 0 Å². The Morgan fingerprint density at radius 2 is 2.36 bits per heavy atom. The molecular weight excluding hydrogens is 174 g/mol. The SMILES string of the molecule is CCC(C)n1ccc(CCCNC)n1. The first-order valence-electron chi connectivity index (χ1n) is 5.46. The predicted octanol–water partition coefficient (Wildman–Crippen LogP) is 2.01. The Balaban J connectivity index is 2.42. The van der Waals surface area contributed by atoms with Crippen molar-refractivity contribution in [3.8, 4) is 0 Å². The van der Waals surface area contributed by atoms with Gasteiger partial charge in [-0.1, -0.05) is 6.92 Å². The second kappa shape index (κ2) is 5.81. The van der Waals surface area contributed by atoms with E-state index in [1.54, 1.807) is 0 Å². The van der Waals surface area contributed by atoms with Crippen LogP contribution >= 0.6 is 0 Å². The molecule has 1 heterocycles. The van der Waals surface area contributed by atoms with Crippen LogP contribution in [0.15, 0.2) is 12.3 Å². The van der Waals surface area contributed by atoms with Gasteiger partial charge in [-0.05, 0) is 45.8 Å². The molecule has 80 valence electrons. The number of hydrogen-bond donors (Lipinski definition) is 1. The van der Waals surface area contributed by atoms with Crippen LogP contribution in [0.3, 0.4) is 0 Å². The van der Waals surface area contributed by atoms with Gasteiger partial charge in [-0.2, -0.15) is 5.10 Å². The third-order valence-corrected chi connectivity index (χ3v) is 2.57. The molecule has 0 fully saturated rings. The Labute approximate surface area is 86.5 Å². The molecule has 1 atom stereocenters. The van der Waals surface area contributed by atoms with Crippen molar-refractivity contribution in [3.05, 3.63) is 18.0 Å². The molecule has 3 nitrogen and oxygen atoms in total. The van der Waals surface area contributed by atoms with Crippen LogP contribution in [0.4, 0.5) is 0 Å². The zero-order chi connectivity index (χ0) is 10.4. The van der Waals surface area contributed by atoms with Crippen LogP contribution in [0.1, 0.15) is 38.4 Å². The van der Waals surface area contributed by atoms with Crippen molar-refractivity contribution in [1.82, 2.24) is 15.1 Å².